The Morgan fingerprint density at radius 3 is 2.72 bits per heavy atom. The van der Waals surface area contributed by atoms with E-state index in [2.05, 4.69) is 21.7 Å². The molecule has 1 aliphatic heterocycles. The number of rotatable bonds is 9. The first-order chi connectivity index (χ1) is 12.1. The van der Waals surface area contributed by atoms with E-state index in [0.29, 0.717) is 25.4 Å². The van der Waals surface area contributed by atoms with Gasteiger partial charge >= 0.3 is 0 Å². The highest BCUT2D eigenvalue weighted by Crippen LogP contribution is 2.19. The van der Waals surface area contributed by atoms with E-state index >= 15 is 0 Å². The molecule has 0 saturated carbocycles. The molecule has 1 aromatic carbocycles. The lowest BCUT2D eigenvalue weighted by molar-refractivity contribution is -0.384. The molecule has 25 heavy (non-hydrogen) atoms. The summed E-state index contributed by atoms with van der Waals surface area (Å²) in [5.74, 6) is 0.522. The molecule has 0 spiro atoms. The standard InChI is InChI=1S/C17H24N4O4/c1-2-6-18-17(22)14-20-9-7-19(8-10-20)11-12-25-16-5-3-4-15(13-16)21(23)24/h2-5,13H,1,6-12,14H2,(H,18,22). The third-order valence-corrected chi connectivity index (χ3v) is 3.98. The predicted octanol–water partition coefficient (Wildman–Crippen LogP) is 0.893. The van der Waals surface area contributed by atoms with Crippen LogP contribution in [0.15, 0.2) is 36.9 Å². The summed E-state index contributed by atoms with van der Waals surface area (Å²) in [6, 6.07) is 6.20. The van der Waals surface area contributed by atoms with E-state index in [1.54, 1.807) is 18.2 Å². The number of amides is 1. The average molecular weight is 348 g/mol. The van der Waals surface area contributed by atoms with E-state index in [-0.39, 0.29) is 11.6 Å². The number of piperazine rings is 1. The number of ether oxygens (including phenoxy) is 1. The van der Waals surface area contributed by atoms with E-state index in [0.717, 1.165) is 32.7 Å². The summed E-state index contributed by atoms with van der Waals surface area (Å²) < 4.78 is 5.60. The second-order valence-electron chi connectivity index (χ2n) is 5.81. The molecule has 2 rings (SSSR count). The van der Waals surface area contributed by atoms with Crippen molar-refractivity contribution >= 4 is 11.6 Å². The minimum atomic E-state index is -0.433. The lowest BCUT2D eigenvalue weighted by atomic mass is 10.3. The van der Waals surface area contributed by atoms with Gasteiger partial charge in [0.25, 0.3) is 5.69 Å². The molecule has 0 unspecified atom stereocenters. The number of nitro groups is 1. The number of carbonyl (C=O) groups is 1. The summed E-state index contributed by atoms with van der Waals surface area (Å²) in [6.45, 7) is 9.10. The van der Waals surface area contributed by atoms with Gasteiger partial charge in [0.1, 0.15) is 12.4 Å². The van der Waals surface area contributed by atoms with Crippen LogP contribution in [0.3, 0.4) is 0 Å². The molecule has 8 heteroatoms. The Balaban J connectivity index is 1.65. The minimum absolute atomic E-state index is 0.0161. The molecule has 1 amide bonds. The number of hydrogen-bond donors (Lipinski definition) is 1. The Hall–Kier alpha value is -2.45. The van der Waals surface area contributed by atoms with Crippen molar-refractivity contribution in [2.45, 2.75) is 0 Å². The number of benzene rings is 1. The van der Waals surface area contributed by atoms with Crippen molar-refractivity contribution in [3.8, 4) is 5.75 Å². The zero-order valence-electron chi connectivity index (χ0n) is 14.2. The van der Waals surface area contributed by atoms with E-state index in [1.807, 2.05) is 0 Å². The number of hydrogen-bond acceptors (Lipinski definition) is 6. The SMILES string of the molecule is C=CCNC(=O)CN1CCN(CCOc2cccc([N+](=O)[O-])c2)CC1. The maximum Gasteiger partial charge on any atom is 0.273 e. The van der Waals surface area contributed by atoms with Gasteiger partial charge in [-0.15, -0.1) is 6.58 Å². The normalized spacial score (nSPS) is 15.5. The largest absolute Gasteiger partial charge is 0.492 e. The lowest BCUT2D eigenvalue weighted by Gasteiger charge is -2.34. The molecule has 0 aliphatic carbocycles. The molecule has 1 saturated heterocycles. The van der Waals surface area contributed by atoms with Gasteiger partial charge in [-0.2, -0.15) is 0 Å². The smallest absolute Gasteiger partial charge is 0.273 e. The Bertz CT molecular complexity index is 600. The van der Waals surface area contributed by atoms with Gasteiger partial charge in [-0.1, -0.05) is 12.1 Å². The summed E-state index contributed by atoms with van der Waals surface area (Å²) in [4.78, 5) is 26.4. The number of nitrogens with zero attached hydrogens (tertiary/aromatic N) is 3. The molecular formula is C17H24N4O4. The first kappa shape index (κ1) is 18.9. The second kappa shape index (κ2) is 9.75. The topological polar surface area (TPSA) is 88.0 Å². The minimum Gasteiger partial charge on any atom is -0.492 e. The fourth-order valence-corrected chi connectivity index (χ4v) is 2.60. The third kappa shape index (κ3) is 6.52. The summed E-state index contributed by atoms with van der Waals surface area (Å²) in [7, 11) is 0. The van der Waals surface area contributed by atoms with Crippen molar-refractivity contribution in [3.63, 3.8) is 0 Å². The van der Waals surface area contributed by atoms with E-state index < -0.39 is 4.92 Å². The van der Waals surface area contributed by atoms with Crippen LogP contribution in [-0.2, 0) is 4.79 Å². The van der Waals surface area contributed by atoms with Crippen molar-refractivity contribution in [1.82, 2.24) is 15.1 Å². The van der Waals surface area contributed by atoms with Crippen LogP contribution in [0.5, 0.6) is 5.75 Å². The van der Waals surface area contributed by atoms with Crippen LogP contribution in [0.25, 0.3) is 0 Å². The molecule has 1 fully saturated rings. The molecule has 8 nitrogen and oxygen atoms in total. The molecule has 1 aliphatic rings. The first-order valence-corrected chi connectivity index (χ1v) is 8.28. The maximum atomic E-state index is 11.7. The lowest BCUT2D eigenvalue weighted by Crippen LogP contribution is -2.50. The molecule has 1 N–H and O–H groups in total. The molecule has 1 aromatic rings. The van der Waals surface area contributed by atoms with Gasteiger partial charge in [-0.25, -0.2) is 0 Å². The van der Waals surface area contributed by atoms with Crippen LogP contribution in [0.4, 0.5) is 5.69 Å². The summed E-state index contributed by atoms with van der Waals surface area (Å²) in [6.07, 6.45) is 1.66. The molecule has 136 valence electrons. The van der Waals surface area contributed by atoms with Crippen molar-refractivity contribution in [2.24, 2.45) is 0 Å². The van der Waals surface area contributed by atoms with E-state index in [4.69, 9.17) is 4.74 Å². The highest BCUT2D eigenvalue weighted by Gasteiger charge is 2.18. The van der Waals surface area contributed by atoms with Gasteiger partial charge < -0.3 is 10.1 Å². The zero-order chi connectivity index (χ0) is 18.1. The van der Waals surface area contributed by atoms with Crippen LogP contribution in [0.2, 0.25) is 0 Å². The monoisotopic (exact) mass is 348 g/mol. The van der Waals surface area contributed by atoms with Crippen molar-refractivity contribution in [1.29, 1.82) is 0 Å². The first-order valence-electron chi connectivity index (χ1n) is 8.28. The van der Waals surface area contributed by atoms with Crippen molar-refractivity contribution in [3.05, 3.63) is 47.0 Å². The van der Waals surface area contributed by atoms with Crippen LogP contribution in [-0.4, -0.2) is 73.1 Å². The summed E-state index contributed by atoms with van der Waals surface area (Å²) in [5.41, 5.74) is 0.0286. The van der Waals surface area contributed by atoms with Crippen LogP contribution in [0, 0.1) is 10.1 Å². The molecule has 0 aromatic heterocycles. The highest BCUT2D eigenvalue weighted by molar-refractivity contribution is 5.78. The molecule has 0 bridgehead atoms. The fourth-order valence-electron chi connectivity index (χ4n) is 2.60. The average Bonchev–Trinajstić information content (AvgIpc) is 2.61. The Kier molecular flexibility index (Phi) is 7.36. The number of carbonyl (C=O) groups excluding carboxylic acids is 1. The Morgan fingerprint density at radius 2 is 2.04 bits per heavy atom. The maximum absolute atomic E-state index is 11.7. The second-order valence-corrected chi connectivity index (χ2v) is 5.81. The number of non-ortho nitro benzene ring substituents is 1. The van der Waals surface area contributed by atoms with Gasteiger partial charge in [0, 0.05) is 45.3 Å². The molecule has 0 radical (unpaired) electrons. The molecule has 1 heterocycles. The van der Waals surface area contributed by atoms with Crippen molar-refractivity contribution < 1.29 is 14.5 Å². The molecule has 0 atom stereocenters. The number of nitrogens with one attached hydrogen (secondary N) is 1. The van der Waals surface area contributed by atoms with Crippen LogP contribution >= 0.6 is 0 Å². The fraction of sp³-hybridized carbons (Fsp3) is 0.471. The van der Waals surface area contributed by atoms with Crippen LogP contribution < -0.4 is 10.1 Å². The van der Waals surface area contributed by atoms with Gasteiger partial charge in [-0.05, 0) is 6.07 Å². The van der Waals surface area contributed by atoms with Crippen molar-refractivity contribution in [2.75, 3.05) is 52.4 Å². The van der Waals surface area contributed by atoms with E-state index in [1.165, 1.54) is 12.1 Å². The van der Waals surface area contributed by atoms with Crippen LogP contribution in [0.1, 0.15) is 0 Å². The Morgan fingerprint density at radius 1 is 1.32 bits per heavy atom. The van der Waals surface area contributed by atoms with Gasteiger partial charge in [0.05, 0.1) is 17.5 Å². The quantitative estimate of drug-likeness (QED) is 0.405. The van der Waals surface area contributed by atoms with Gasteiger partial charge in [-0.3, -0.25) is 24.7 Å². The summed E-state index contributed by atoms with van der Waals surface area (Å²) in [5, 5.41) is 13.5. The highest BCUT2D eigenvalue weighted by atomic mass is 16.6. The van der Waals surface area contributed by atoms with Gasteiger partial charge in [0.2, 0.25) is 5.91 Å². The van der Waals surface area contributed by atoms with Gasteiger partial charge in [0.15, 0.2) is 0 Å². The third-order valence-electron chi connectivity index (χ3n) is 3.98. The predicted molar refractivity (Wildman–Crippen MR) is 94.7 cm³/mol. The Labute approximate surface area is 147 Å². The zero-order valence-corrected chi connectivity index (χ0v) is 14.2. The number of nitro benzene ring substituents is 1. The summed E-state index contributed by atoms with van der Waals surface area (Å²) >= 11 is 0. The van der Waals surface area contributed by atoms with E-state index in [9.17, 15) is 14.9 Å². The molecular weight excluding hydrogens is 324 g/mol.